The highest BCUT2D eigenvalue weighted by Gasteiger charge is 2.32. The van der Waals surface area contributed by atoms with Crippen LogP contribution in [0.4, 0.5) is 0 Å². The predicted octanol–water partition coefficient (Wildman–Crippen LogP) is -6.50. The van der Waals surface area contributed by atoms with E-state index in [0.29, 0.717) is 0 Å². The Labute approximate surface area is 185 Å². The largest absolute Gasteiger partial charge is 0.469 e. The van der Waals surface area contributed by atoms with E-state index in [2.05, 4.69) is 9.26 Å². The van der Waals surface area contributed by atoms with E-state index in [-0.39, 0.29) is 12.6 Å². The van der Waals surface area contributed by atoms with E-state index in [0.717, 1.165) is 6.92 Å². The van der Waals surface area contributed by atoms with Crippen LogP contribution in [0.1, 0.15) is 6.92 Å². The topological polar surface area (TPSA) is 306 Å². The van der Waals surface area contributed by atoms with Crippen molar-refractivity contribution in [2.45, 2.75) is 55.8 Å². The first kappa shape index (κ1) is 33.4. The van der Waals surface area contributed by atoms with Gasteiger partial charge in [0.2, 0.25) is 5.78 Å². The van der Waals surface area contributed by atoms with Crippen molar-refractivity contribution >= 4 is 32.1 Å². The minimum atomic E-state index is -4.80. The van der Waals surface area contributed by atoms with Crippen LogP contribution < -0.4 is 0 Å². The first-order chi connectivity index (χ1) is 15.0. The Morgan fingerprint density at radius 2 is 1.12 bits per heavy atom. The molecule has 8 atom stereocenters. The Morgan fingerprint density at radius 3 is 1.42 bits per heavy atom. The van der Waals surface area contributed by atoms with E-state index in [1.807, 2.05) is 0 Å². The maximum Gasteiger partial charge on any atom is 0.469 e. The number of aliphatic hydroxyl groups excluding tert-OH is 8. The lowest BCUT2D eigenvalue weighted by Crippen LogP contribution is -2.47. The molecule has 10 N–H and O–H groups in total. The maximum absolute atomic E-state index is 10.7. The number of ketones is 1. The summed E-state index contributed by atoms with van der Waals surface area (Å²) in [5.41, 5.74) is 0. The highest BCUT2D eigenvalue weighted by molar-refractivity contribution is 7.46. The molecule has 18 heteroatoms. The Balaban J connectivity index is 0. The van der Waals surface area contributed by atoms with E-state index < -0.39 is 81.6 Å². The van der Waals surface area contributed by atoms with E-state index in [4.69, 9.17) is 40.4 Å². The zero-order chi connectivity index (χ0) is 26.5. The first-order valence-electron chi connectivity index (χ1n) is 8.73. The molecular formula is C15H27O17P. The number of aliphatic hydroxyl groups is 8. The van der Waals surface area contributed by atoms with Crippen molar-refractivity contribution in [2.75, 3.05) is 13.2 Å². The highest BCUT2D eigenvalue weighted by atomic mass is 31.2. The number of ether oxygens (including phenoxy) is 1. The van der Waals surface area contributed by atoms with Crippen molar-refractivity contribution in [1.82, 2.24) is 0 Å². The molecule has 0 rings (SSSR count). The van der Waals surface area contributed by atoms with Gasteiger partial charge in [0.25, 0.3) is 0 Å². The first-order valence-corrected chi connectivity index (χ1v) is 10.3. The Bertz CT molecular complexity index is 665. The molecule has 17 nitrogen and oxygen atoms in total. The van der Waals surface area contributed by atoms with Gasteiger partial charge in [0.15, 0.2) is 12.6 Å². The van der Waals surface area contributed by atoms with Crippen LogP contribution in [-0.2, 0) is 33.0 Å². The van der Waals surface area contributed by atoms with E-state index in [1.165, 1.54) is 0 Å². The van der Waals surface area contributed by atoms with Crippen molar-refractivity contribution in [2.24, 2.45) is 0 Å². The van der Waals surface area contributed by atoms with Gasteiger partial charge >= 0.3 is 13.8 Å². The number of phosphoric acid groups is 1. The van der Waals surface area contributed by atoms with Crippen LogP contribution in [0.15, 0.2) is 0 Å². The van der Waals surface area contributed by atoms with Crippen LogP contribution in [0.25, 0.3) is 0 Å². The highest BCUT2D eigenvalue weighted by Crippen LogP contribution is 2.35. The predicted molar refractivity (Wildman–Crippen MR) is 99.8 cm³/mol. The summed E-state index contributed by atoms with van der Waals surface area (Å²) in [6.07, 6.45) is -15.2. The molecule has 0 unspecified atom stereocenters. The Morgan fingerprint density at radius 1 is 0.758 bits per heavy atom. The molecule has 0 fully saturated rings. The van der Waals surface area contributed by atoms with E-state index in [1.54, 1.807) is 0 Å². The molecule has 0 aromatic rings. The van der Waals surface area contributed by atoms with Gasteiger partial charge in [-0.05, 0) is 0 Å². The summed E-state index contributed by atoms with van der Waals surface area (Å²) >= 11 is 0. The number of Topliss-reactive ketones (excluding diaryl/α,β-unsaturated/α-hetero) is 1. The number of rotatable bonds is 14. The molecule has 0 saturated carbocycles. The molecule has 0 saturated heterocycles. The molecule has 194 valence electrons. The van der Waals surface area contributed by atoms with Gasteiger partial charge in [-0.15, -0.1) is 0 Å². The van der Waals surface area contributed by atoms with E-state index in [9.17, 15) is 34.0 Å². The lowest BCUT2D eigenvalue weighted by atomic mass is 10.0. The molecule has 0 radical (unpaired) electrons. The second-order valence-corrected chi connectivity index (χ2v) is 7.53. The third kappa shape index (κ3) is 14.2. The third-order valence-electron chi connectivity index (χ3n) is 3.55. The second-order valence-electron chi connectivity index (χ2n) is 6.29. The average molecular weight is 510 g/mol. The van der Waals surface area contributed by atoms with Gasteiger partial charge in [0, 0.05) is 6.92 Å². The third-order valence-corrected chi connectivity index (χ3v) is 4.04. The number of hydrogen-bond acceptors (Lipinski definition) is 15. The molecule has 33 heavy (non-hydrogen) atoms. The summed E-state index contributed by atoms with van der Waals surface area (Å²) in [7, 11) is -4.80. The molecule has 0 aliphatic rings. The van der Waals surface area contributed by atoms with Crippen LogP contribution in [0.5, 0.6) is 0 Å². The van der Waals surface area contributed by atoms with Gasteiger partial charge < -0.3 is 65.0 Å². The van der Waals surface area contributed by atoms with Crippen LogP contribution in [0, 0.1) is 0 Å². The number of aldehydes is 2. The minimum absolute atomic E-state index is 0.0256. The summed E-state index contributed by atoms with van der Waals surface area (Å²) in [5, 5.41) is 72.5. The number of carbonyl (C=O) groups excluding carboxylic acids is 4. The zero-order valence-electron chi connectivity index (χ0n) is 17.0. The van der Waals surface area contributed by atoms with Crippen LogP contribution in [0.3, 0.4) is 0 Å². The summed E-state index contributed by atoms with van der Waals surface area (Å²) in [6, 6.07) is 0. The average Bonchev–Trinajstić information content (AvgIpc) is 2.77. The number of phosphoric ester groups is 1. The molecule has 0 heterocycles. The summed E-state index contributed by atoms with van der Waals surface area (Å²) < 4.78 is 18.4. The lowest BCUT2D eigenvalue weighted by molar-refractivity contribution is -0.161. The van der Waals surface area contributed by atoms with Gasteiger partial charge in [-0.3, -0.25) is 9.32 Å². The lowest BCUT2D eigenvalue weighted by Gasteiger charge is -2.23. The Kier molecular flexibility index (Phi) is 16.2. The molecule has 0 aromatic carbocycles. The fourth-order valence-corrected chi connectivity index (χ4v) is 2.00. The fourth-order valence-electron chi connectivity index (χ4n) is 1.65. The maximum atomic E-state index is 10.7. The molecule has 0 bridgehead atoms. The SMILES string of the molecule is CC(=O)C(=O)OC[C@@H](O)[C@@H](O)[C@H](O)[C@@H](O)C=O.O=C[C@H](O)[C@@H](O)[C@H](O)[C@H](O)COP(=O)(O)O. The fraction of sp³-hybridized carbons (Fsp3) is 0.733. The van der Waals surface area contributed by atoms with Crippen molar-refractivity contribution in [3.8, 4) is 0 Å². The zero-order valence-corrected chi connectivity index (χ0v) is 17.9. The number of carbonyl (C=O) groups is 4. The van der Waals surface area contributed by atoms with Gasteiger partial charge in [0.1, 0.15) is 55.4 Å². The molecule has 0 aliphatic carbocycles. The number of esters is 1. The quantitative estimate of drug-likeness (QED) is 0.0449. The molecule has 0 amide bonds. The standard InChI is InChI=1S/C9H14O8.C6H13O9P/c1-4(11)9(16)17-3-6(13)8(15)7(14)5(12)2-10;7-1-3(8)5(10)6(11)4(9)2-15-16(12,13)14/h2,5-8,12-15H,3H2,1H3;1,3-6,8-11H,2H2,(H2,12,13,14)/t5-,6+,7+,8+;3-,4+,5+,6+/m00/s1. The molecule has 0 spiro atoms. The summed E-state index contributed by atoms with van der Waals surface area (Å²) in [5.74, 6) is -2.10. The van der Waals surface area contributed by atoms with Gasteiger partial charge in [0.05, 0.1) is 6.61 Å². The van der Waals surface area contributed by atoms with E-state index >= 15 is 0 Å². The number of hydrogen-bond donors (Lipinski definition) is 10. The Hall–Kier alpha value is -1.73. The van der Waals surface area contributed by atoms with Crippen LogP contribution in [0.2, 0.25) is 0 Å². The van der Waals surface area contributed by atoms with Crippen LogP contribution >= 0.6 is 7.82 Å². The summed E-state index contributed by atoms with van der Waals surface area (Å²) in [4.78, 5) is 57.8. The molecule has 0 aromatic heterocycles. The van der Waals surface area contributed by atoms with Gasteiger partial charge in [-0.1, -0.05) is 0 Å². The smallest absolute Gasteiger partial charge is 0.457 e. The van der Waals surface area contributed by atoms with Gasteiger partial charge in [-0.25, -0.2) is 9.36 Å². The van der Waals surface area contributed by atoms with Gasteiger partial charge in [-0.2, -0.15) is 0 Å². The van der Waals surface area contributed by atoms with Crippen molar-refractivity contribution < 1.29 is 83.6 Å². The summed E-state index contributed by atoms with van der Waals surface area (Å²) in [6.45, 7) is -0.758. The second kappa shape index (κ2) is 16.0. The van der Waals surface area contributed by atoms with Crippen molar-refractivity contribution in [3.05, 3.63) is 0 Å². The molecular weight excluding hydrogens is 483 g/mol. The molecule has 0 aliphatic heterocycles. The van der Waals surface area contributed by atoms with Crippen molar-refractivity contribution in [3.63, 3.8) is 0 Å². The van der Waals surface area contributed by atoms with Crippen LogP contribution in [-0.4, -0.2) is 137 Å². The minimum Gasteiger partial charge on any atom is -0.457 e. The monoisotopic (exact) mass is 510 g/mol. The van der Waals surface area contributed by atoms with Crippen molar-refractivity contribution in [1.29, 1.82) is 0 Å². The normalized spacial score (nSPS) is 18.8.